The second-order valence-corrected chi connectivity index (χ2v) is 7.25. The van der Waals surface area contributed by atoms with Crippen LogP contribution in [-0.4, -0.2) is 43.8 Å². The number of carbonyl (C=O) groups excluding carboxylic acids is 3. The highest BCUT2D eigenvalue weighted by atomic mass is 35.5. The molecule has 1 atom stereocenters. The molecule has 0 aliphatic carbocycles. The number of hydrogen-bond acceptors (Lipinski definition) is 6. The molecule has 1 aromatic carbocycles. The Kier molecular flexibility index (Phi) is 8.31. The Hall–Kier alpha value is -2.74. The Morgan fingerprint density at radius 2 is 1.79 bits per heavy atom. The monoisotopic (exact) mass is 412 g/mol. The van der Waals surface area contributed by atoms with E-state index in [4.69, 9.17) is 25.8 Å². The van der Waals surface area contributed by atoms with Crippen LogP contribution in [0.15, 0.2) is 18.2 Å². The molecule has 0 aliphatic rings. The molecule has 154 valence electrons. The van der Waals surface area contributed by atoms with Crippen LogP contribution in [0.25, 0.3) is 6.08 Å². The number of nitrogens with one attached hydrogen (secondary N) is 2. The molecule has 0 spiro atoms. The third-order valence-electron chi connectivity index (χ3n) is 3.26. The molecule has 0 bridgehead atoms. The molecule has 0 heterocycles. The zero-order chi connectivity index (χ0) is 21.5. The predicted molar refractivity (Wildman–Crippen MR) is 106 cm³/mol. The number of benzene rings is 1. The van der Waals surface area contributed by atoms with Crippen LogP contribution >= 0.6 is 11.6 Å². The largest absolute Gasteiger partial charge is 0.493 e. The number of hydrogen-bond donors (Lipinski definition) is 2. The molecule has 0 aromatic heterocycles. The quantitative estimate of drug-likeness (QED) is 0.550. The van der Waals surface area contributed by atoms with Gasteiger partial charge >= 0.3 is 12.0 Å². The average Bonchev–Trinajstić information content (AvgIpc) is 2.57. The number of ether oxygens (including phenoxy) is 3. The van der Waals surface area contributed by atoms with Crippen LogP contribution in [0.3, 0.4) is 0 Å². The van der Waals surface area contributed by atoms with Crippen LogP contribution in [0.4, 0.5) is 4.79 Å². The molecule has 0 aliphatic heterocycles. The van der Waals surface area contributed by atoms with Crippen LogP contribution < -0.4 is 20.1 Å². The van der Waals surface area contributed by atoms with Gasteiger partial charge in [0, 0.05) is 11.6 Å². The van der Waals surface area contributed by atoms with E-state index in [1.807, 2.05) is 0 Å². The maximum absolute atomic E-state index is 11.9. The molecular formula is C19H25ClN2O6. The Morgan fingerprint density at radius 3 is 2.32 bits per heavy atom. The minimum Gasteiger partial charge on any atom is -0.493 e. The lowest BCUT2D eigenvalue weighted by molar-refractivity contribution is -0.149. The van der Waals surface area contributed by atoms with Gasteiger partial charge in [0.2, 0.25) is 0 Å². The van der Waals surface area contributed by atoms with Crippen molar-refractivity contribution in [3.05, 3.63) is 28.8 Å². The summed E-state index contributed by atoms with van der Waals surface area (Å²) < 4.78 is 15.3. The van der Waals surface area contributed by atoms with E-state index in [1.165, 1.54) is 27.2 Å². The third-order valence-corrected chi connectivity index (χ3v) is 3.54. The second-order valence-electron chi connectivity index (χ2n) is 6.84. The van der Waals surface area contributed by atoms with Gasteiger partial charge in [0.1, 0.15) is 0 Å². The highest BCUT2D eigenvalue weighted by molar-refractivity contribution is 6.32. The molecule has 9 heteroatoms. The molecule has 0 unspecified atom stereocenters. The zero-order valence-electron chi connectivity index (χ0n) is 16.7. The van der Waals surface area contributed by atoms with Gasteiger partial charge in [-0.15, -0.1) is 0 Å². The summed E-state index contributed by atoms with van der Waals surface area (Å²) in [5.74, 6) is -0.717. The van der Waals surface area contributed by atoms with Crippen molar-refractivity contribution < 1.29 is 28.6 Å². The average molecular weight is 413 g/mol. The van der Waals surface area contributed by atoms with E-state index < -0.39 is 29.6 Å². The first kappa shape index (κ1) is 23.3. The number of halogens is 1. The lowest BCUT2D eigenvalue weighted by Crippen LogP contribution is -2.50. The Morgan fingerprint density at radius 1 is 1.14 bits per heavy atom. The number of imide groups is 1. The summed E-state index contributed by atoms with van der Waals surface area (Å²) in [6, 6.07) is 2.54. The number of rotatable bonds is 6. The van der Waals surface area contributed by atoms with Crippen LogP contribution in [-0.2, 0) is 14.3 Å². The van der Waals surface area contributed by atoms with Crippen molar-refractivity contribution in [1.82, 2.24) is 10.6 Å². The molecule has 0 saturated heterocycles. The van der Waals surface area contributed by atoms with E-state index in [9.17, 15) is 14.4 Å². The highest BCUT2D eigenvalue weighted by Crippen LogP contribution is 2.36. The van der Waals surface area contributed by atoms with Gasteiger partial charge in [-0.2, -0.15) is 0 Å². The lowest BCUT2D eigenvalue weighted by atomic mass is 10.1. The smallest absolute Gasteiger partial charge is 0.331 e. The highest BCUT2D eigenvalue weighted by Gasteiger charge is 2.21. The Balaban J connectivity index is 2.69. The minimum atomic E-state index is -1.16. The molecule has 0 saturated carbocycles. The van der Waals surface area contributed by atoms with E-state index in [2.05, 4.69) is 10.6 Å². The van der Waals surface area contributed by atoms with E-state index >= 15 is 0 Å². The minimum absolute atomic E-state index is 0.312. The van der Waals surface area contributed by atoms with Crippen LogP contribution in [0.5, 0.6) is 11.5 Å². The van der Waals surface area contributed by atoms with Gasteiger partial charge in [0.05, 0.1) is 19.2 Å². The number of esters is 1. The standard InChI is InChI=1S/C19H25ClN2O6/c1-11(17(24)21-18(25)22-19(2,3)4)28-15(23)8-7-12-9-13(20)16(27-6)14(10-12)26-5/h7-11H,1-6H3,(H2,21,22,24,25)/b8-7+/t11-/m0/s1. The van der Waals surface area contributed by atoms with E-state index in [0.717, 1.165) is 6.08 Å². The fourth-order valence-electron chi connectivity index (χ4n) is 2.05. The fraction of sp³-hybridized carbons (Fsp3) is 0.421. The molecule has 1 aromatic rings. The first-order valence-electron chi connectivity index (χ1n) is 8.40. The third kappa shape index (κ3) is 7.48. The molecule has 8 nitrogen and oxygen atoms in total. The second kappa shape index (κ2) is 9.98. The number of amides is 3. The molecule has 0 fully saturated rings. The van der Waals surface area contributed by atoms with Gasteiger partial charge in [0.15, 0.2) is 17.6 Å². The zero-order valence-corrected chi connectivity index (χ0v) is 17.5. The van der Waals surface area contributed by atoms with Crippen molar-refractivity contribution in [3.8, 4) is 11.5 Å². The summed E-state index contributed by atoms with van der Waals surface area (Å²) in [5, 5.41) is 5.00. The fourth-order valence-corrected chi connectivity index (χ4v) is 2.35. The topological polar surface area (TPSA) is 103 Å². The molecule has 3 amide bonds. The lowest BCUT2D eigenvalue weighted by Gasteiger charge is -2.21. The van der Waals surface area contributed by atoms with Crippen molar-refractivity contribution in [2.24, 2.45) is 0 Å². The summed E-state index contributed by atoms with van der Waals surface area (Å²) in [5.41, 5.74) is 0.0644. The van der Waals surface area contributed by atoms with Gasteiger partial charge in [-0.1, -0.05) is 11.6 Å². The first-order chi connectivity index (χ1) is 13.0. The summed E-state index contributed by atoms with van der Waals surface area (Å²) in [6.07, 6.45) is 1.43. The normalized spacial score (nSPS) is 12.2. The van der Waals surface area contributed by atoms with Gasteiger partial charge in [-0.05, 0) is 51.5 Å². The van der Waals surface area contributed by atoms with E-state index in [1.54, 1.807) is 32.9 Å². The number of methoxy groups -OCH3 is 2. The van der Waals surface area contributed by atoms with Gasteiger partial charge in [-0.25, -0.2) is 9.59 Å². The summed E-state index contributed by atoms with van der Waals surface area (Å²) in [4.78, 5) is 35.5. The van der Waals surface area contributed by atoms with Gasteiger partial charge in [0.25, 0.3) is 5.91 Å². The van der Waals surface area contributed by atoms with Gasteiger partial charge < -0.3 is 19.5 Å². The maximum Gasteiger partial charge on any atom is 0.331 e. The summed E-state index contributed by atoms with van der Waals surface area (Å²) in [6.45, 7) is 6.67. The first-order valence-corrected chi connectivity index (χ1v) is 8.78. The van der Waals surface area contributed by atoms with Gasteiger partial charge in [-0.3, -0.25) is 10.1 Å². The number of carbonyl (C=O) groups is 3. The number of urea groups is 1. The van der Waals surface area contributed by atoms with Crippen molar-refractivity contribution in [1.29, 1.82) is 0 Å². The molecule has 2 N–H and O–H groups in total. The van der Waals surface area contributed by atoms with Crippen molar-refractivity contribution in [3.63, 3.8) is 0 Å². The molecule has 28 heavy (non-hydrogen) atoms. The van der Waals surface area contributed by atoms with Crippen LogP contribution in [0, 0.1) is 0 Å². The van der Waals surface area contributed by atoms with E-state index in [0.29, 0.717) is 22.1 Å². The molecule has 0 radical (unpaired) electrons. The molecule has 1 rings (SSSR count). The van der Waals surface area contributed by atoms with Crippen LogP contribution in [0.2, 0.25) is 5.02 Å². The van der Waals surface area contributed by atoms with Crippen molar-refractivity contribution in [2.45, 2.75) is 39.3 Å². The predicted octanol–water partition coefficient (Wildman–Crippen LogP) is 2.93. The SMILES string of the molecule is COc1cc(/C=C/C(=O)O[C@@H](C)C(=O)NC(=O)NC(C)(C)C)cc(Cl)c1OC. The Bertz CT molecular complexity index is 770. The Labute approximate surface area is 169 Å². The summed E-state index contributed by atoms with van der Waals surface area (Å²) >= 11 is 6.10. The van der Waals surface area contributed by atoms with Crippen LogP contribution in [0.1, 0.15) is 33.3 Å². The summed E-state index contributed by atoms with van der Waals surface area (Å²) in [7, 11) is 2.93. The van der Waals surface area contributed by atoms with E-state index in [-0.39, 0.29) is 0 Å². The maximum atomic E-state index is 11.9. The van der Waals surface area contributed by atoms with Crippen molar-refractivity contribution in [2.75, 3.05) is 14.2 Å². The molecular weight excluding hydrogens is 388 g/mol. The van der Waals surface area contributed by atoms with Crippen molar-refractivity contribution >= 4 is 35.6 Å².